The molecule has 33 heavy (non-hydrogen) atoms. The molecule has 2 aromatic carbocycles. The molecule has 3 aromatic rings. The van der Waals surface area contributed by atoms with Crippen molar-refractivity contribution in [2.75, 3.05) is 44.6 Å². The molecule has 1 N–H and O–H groups in total. The second-order valence-corrected chi connectivity index (χ2v) is 8.00. The Morgan fingerprint density at radius 1 is 1.12 bits per heavy atom. The fourth-order valence-corrected chi connectivity index (χ4v) is 4.00. The molecule has 0 aliphatic carbocycles. The van der Waals surface area contributed by atoms with Crippen LogP contribution >= 0.6 is 11.6 Å². The smallest absolute Gasteiger partial charge is 0.324 e. The maximum Gasteiger partial charge on any atom is 0.324 e. The van der Waals surface area contributed by atoms with Crippen molar-refractivity contribution in [1.29, 1.82) is 0 Å². The van der Waals surface area contributed by atoms with Gasteiger partial charge in [0.25, 0.3) is 0 Å². The lowest BCUT2D eigenvalue weighted by Gasteiger charge is -2.30. The largest absolute Gasteiger partial charge is 0.497 e. The number of hydrogen-bond donors (Lipinski definition) is 1. The van der Waals surface area contributed by atoms with Crippen LogP contribution in [0.4, 0.5) is 11.7 Å². The summed E-state index contributed by atoms with van der Waals surface area (Å²) in [5.74, 6) is 1.78. The van der Waals surface area contributed by atoms with Gasteiger partial charge >= 0.3 is 6.01 Å². The van der Waals surface area contributed by atoms with Crippen molar-refractivity contribution in [1.82, 2.24) is 10.1 Å². The zero-order valence-electron chi connectivity index (χ0n) is 18.6. The molecule has 1 atom stereocenters. The molecular formula is C23H25ClN4O5. The summed E-state index contributed by atoms with van der Waals surface area (Å²) < 4.78 is 21.3. The van der Waals surface area contributed by atoms with E-state index in [1.807, 2.05) is 29.2 Å². The molecule has 0 spiro atoms. The van der Waals surface area contributed by atoms with E-state index >= 15 is 0 Å². The van der Waals surface area contributed by atoms with Gasteiger partial charge < -0.3 is 29.0 Å². The van der Waals surface area contributed by atoms with Gasteiger partial charge in [-0.3, -0.25) is 4.79 Å². The number of piperidine rings is 1. The Kier molecular flexibility index (Phi) is 6.88. The fourth-order valence-electron chi connectivity index (χ4n) is 3.76. The molecule has 0 radical (unpaired) electrons. The van der Waals surface area contributed by atoms with Crippen molar-refractivity contribution in [2.45, 2.75) is 12.8 Å². The van der Waals surface area contributed by atoms with Gasteiger partial charge in [0.2, 0.25) is 11.7 Å². The summed E-state index contributed by atoms with van der Waals surface area (Å²) in [7, 11) is 4.66. The third-order valence-electron chi connectivity index (χ3n) is 5.56. The van der Waals surface area contributed by atoms with E-state index in [1.165, 1.54) is 14.2 Å². The highest BCUT2D eigenvalue weighted by molar-refractivity contribution is 6.32. The Hall–Kier alpha value is -3.46. The van der Waals surface area contributed by atoms with Gasteiger partial charge in [-0.1, -0.05) is 16.8 Å². The number of nitrogens with zero attached hydrogens (tertiary/aromatic N) is 3. The zero-order chi connectivity index (χ0) is 23.4. The van der Waals surface area contributed by atoms with Gasteiger partial charge in [-0.05, 0) is 43.2 Å². The molecule has 1 aliphatic rings. The number of ether oxygens (including phenoxy) is 3. The summed E-state index contributed by atoms with van der Waals surface area (Å²) in [6, 6.07) is 11.1. The van der Waals surface area contributed by atoms with Crippen molar-refractivity contribution >= 4 is 29.2 Å². The number of nitrogens with one attached hydrogen (secondary N) is 1. The Morgan fingerprint density at radius 2 is 1.88 bits per heavy atom. The highest BCUT2D eigenvalue weighted by Crippen LogP contribution is 2.36. The van der Waals surface area contributed by atoms with Crippen LogP contribution in [0.3, 0.4) is 0 Å². The standard InChI is InChI=1S/C23H25ClN4O5/c1-30-16-8-6-14(7-9-16)21-26-23(33-27-21)28-10-4-5-15(13-28)22(29)25-18-11-17(24)19(31-2)12-20(18)32-3/h6-9,11-12,15H,4-5,10,13H2,1-3H3,(H,25,29)/t15-/m0/s1. The normalized spacial score (nSPS) is 15.8. The van der Waals surface area contributed by atoms with E-state index in [0.717, 1.165) is 30.7 Å². The van der Waals surface area contributed by atoms with Gasteiger partial charge in [0.1, 0.15) is 17.2 Å². The van der Waals surface area contributed by atoms with E-state index in [9.17, 15) is 4.79 Å². The highest BCUT2D eigenvalue weighted by Gasteiger charge is 2.29. The number of halogens is 1. The van der Waals surface area contributed by atoms with E-state index in [4.69, 9.17) is 30.3 Å². The third kappa shape index (κ3) is 4.98. The van der Waals surface area contributed by atoms with Crippen LogP contribution in [0.1, 0.15) is 12.8 Å². The predicted octanol–water partition coefficient (Wildman–Crippen LogP) is 4.27. The van der Waals surface area contributed by atoms with Crippen LogP contribution in [0.2, 0.25) is 5.02 Å². The molecule has 10 heteroatoms. The highest BCUT2D eigenvalue weighted by atomic mass is 35.5. The molecule has 0 unspecified atom stereocenters. The average Bonchev–Trinajstić information content (AvgIpc) is 3.35. The first kappa shape index (κ1) is 22.7. The number of amides is 1. The zero-order valence-corrected chi connectivity index (χ0v) is 19.4. The first-order valence-corrected chi connectivity index (χ1v) is 10.9. The maximum absolute atomic E-state index is 13.0. The fraction of sp³-hybridized carbons (Fsp3) is 0.348. The lowest BCUT2D eigenvalue weighted by Crippen LogP contribution is -2.41. The molecule has 9 nitrogen and oxygen atoms in total. The Labute approximate surface area is 196 Å². The Morgan fingerprint density at radius 3 is 2.58 bits per heavy atom. The lowest BCUT2D eigenvalue weighted by molar-refractivity contribution is -0.120. The van der Waals surface area contributed by atoms with Crippen molar-refractivity contribution in [3.8, 4) is 28.6 Å². The monoisotopic (exact) mass is 472 g/mol. The van der Waals surface area contributed by atoms with Crippen molar-refractivity contribution in [2.24, 2.45) is 5.92 Å². The number of hydrogen-bond acceptors (Lipinski definition) is 8. The van der Waals surface area contributed by atoms with Gasteiger partial charge in [0, 0.05) is 24.7 Å². The molecule has 1 saturated heterocycles. The van der Waals surface area contributed by atoms with Gasteiger partial charge in [-0.15, -0.1) is 0 Å². The summed E-state index contributed by atoms with van der Waals surface area (Å²) in [5.41, 5.74) is 1.31. The number of carbonyl (C=O) groups excluding carboxylic acids is 1. The number of methoxy groups -OCH3 is 3. The summed E-state index contributed by atoms with van der Waals surface area (Å²) in [6.45, 7) is 1.19. The van der Waals surface area contributed by atoms with E-state index in [0.29, 0.717) is 40.6 Å². The van der Waals surface area contributed by atoms with Crippen LogP contribution < -0.4 is 24.4 Å². The second kappa shape index (κ2) is 9.99. The minimum atomic E-state index is -0.263. The van der Waals surface area contributed by atoms with Crippen molar-refractivity contribution < 1.29 is 23.5 Å². The van der Waals surface area contributed by atoms with E-state index in [-0.39, 0.29) is 11.8 Å². The summed E-state index contributed by atoms with van der Waals surface area (Å²) in [4.78, 5) is 19.5. The van der Waals surface area contributed by atoms with Crippen LogP contribution in [0, 0.1) is 5.92 Å². The van der Waals surface area contributed by atoms with E-state index in [2.05, 4.69) is 15.5 Å². The number of aromatic nitrogens is 2. The molecule has 1 aromatic heterocycles. The van der Waals surface area contributed by atoms with Crippen molar-refractivity contribution in [3.63, 3.8) is 0 Å². The summed E-state index contributed by atoms with van der Waals surface area (Å²) >= 11 is 6.23. The maximum atomic E-state index is 13.0. The van der Waals surface area contributed by atoms with Gasteiger partial charge in [-0.2, -0.15) is 4.98 Å². The average molecular weight is 473 g/mol. The SMILES string of the molecule is COc1ccc(-c2noc(N3CCC[C@H](C(=O)Nc4cc(Cl)c(OC)cc4OC)C3)n2)cc1. The molecule has 1 amide bonds. The van der Waals surface area contributed by atoms with Crippen LogP contribution in [0.5, 0.6) is 17.2 Å². The van der Waals surface area contributed by atoms with Crippen LogP contribution in [-0.2, 0) is 4.79 Å². The van der Waals surface area contributed by atoms with Crippen LogP contribution in [-0.4, -0.2) is 50.5 Å². The molecular weight excluding hydrogens is 448 g/mol. The van der Waals surface area contributed by atoms with Gasteiger partial charge in [-0.25, -0.2) is 0 Å². The lowest BCUT2D eigenvalue weighted by atomic mass is 9.97. The first-order chi connectivity index (χ1) is 16.0. The Balaban J connectivity index is 1.45. The molecule has 4 rings (SSSR count). The molecule has 0 bridgehead atoms. The van der Waals surface area contributed by atoms with Gasteiger partial charge in [0.05, 0.1) is 38.0 Å². The molecule has 0 saturated carbocycles. The summed E-state index contributed by atoms with van der Waals surface area (Å²) in [5, 5.41) is 7.40. The van der Waals surface area contributed by atoms with E-state index in [1.54, 1.807) is 19.2 Å². The van der Waals surface area contributed by atoms with Crippen LogP contribution in [0.15, 0.2) is 40.9 Å². The van der Waals surface area contributed by atoms with Gasteiger partial charge in [0.15, 0.2) is 0 Å². The number of rotatable bonds is 7. The minimum Gasteiger partial charge on any atom is -0.497 e. The molecule has 174 valence electrons. The van der Waals surface area contributed by atoms with Crippen molar-refractivity contribution in [3.05, 3.63) is 41.4 Å². The number of benzene rings is 2. The topological polar surface area (TPSA) is 99.0 Å². The number of carbonyl (C=O) groups is 1. The van der Waals surface area contributed by atoms with E-state index < -0.39 is 0 Å². The Bertz CT molecular complexity index is 1120. The molecule has 2 heterocycles. The minimum absolute atomic E-state index is 0.130. The third-order valence-corrected chi connectivity index (χ3v) is 5.85. The predicted molar refractivity (Wildman–Crippen MR) is 124 cm³/mol. The quantitative estimate of drug-likeness (QED) is 0.544. The summed E-state index contributed by atoms with van der Waals surface area (Å²) in [6.07, 6.45) is 1.56. The second-order valence-electron chi connectivity index (χ2n) is 7.59. The molecule has 1 fully saturated rings. The number of anilines is 2. The molecule has 1 aliphatic heterocycles. The van der Waals surface area contributed by atoms with Crippen LogP contribution in [0.25, 0.3) is 11.4 Å². The first-order valence-electron chi connectivity index (χ1n) is 10.5.